The van der Waals surface area contributed by atoms with Crippen molar-refractivity contribution in [2.75, 3.05) is 38.5 Å². The number of hydrogen-bond acceptors (Lipinski definition) is 3. The van der Waals surface area contributed by atoms with Crippen molar-refractivity contribution in [1.29, 1.82) is 0 Å². The lowest BCUT2D eigenvalue weighted by atomic mass is 9.90. The molecule has 1 unspecified atom stereocenters. The Morgan fingerprint density at radius 3 is 2.46 bits per heavy atom. The lowest BCUT2D eigenvalue weighted by Gasteiger charge is -2.29. The maximum absolute atomic E-state index is 3.52. The molecule has 0 aliphatic carbocycles. The Labute approximate surface area is 158 Å². The molecule has 0 spiro atoms. The molecule has 1 aliphatic heterocycles. The highest BCUT2D eigenvalue weighted by Gasteiger charge is 2.18. The van der Waals surface area contributed by atoms with E-state index >= 15 is 0 Å². The molecule has 1 atom stereocenters. The van der Waals surface area contributed by atoms with Crippen LogP contribution in [0.3, 0.4) is 0 Å². The van der Waals surface area contributed by atoms with E-state index in [1.165, 1.54) is 27.9 Å². The molecule has 0 amide bonds. The smallest absolute Gasteiger partial charge is 0.0418 e. The molecule has 0 radical (unpaired) electrons. The van der Waals surface area contributed by atoms with Crippen molar-refractivity contribution >= 4 is 5.69 Å². The monoisotopic (exact) mass is 351 g/mol. The highest BCUT2D eigenvalue weighted by atomic mass is 15.2. The first-order valence-corrected chi connectivity index (χ1v) is 10.0. The minimum absolute atomic E-state index is 0.565. The molecule has 1 heterocycles. The lowest BCUT2D eigenvalue weighted by molar-refractivity contribution is 0.233. The van der Waals surface area contributed by atoms with Gasteiger partial charge in [0.05, 0.1) is 0 Å². The van der Waals surface area contributed by atoms with Crippen molar-refractivity contribution < 1.29 is 0 Å². The van der Waals surface area contributed by atoms with Gasteiger partial charge in [0.15, 0.2) is 0 Å². The van der Waals surface area contributed by atoms with Gasteiger partial charge in [-0.1, -0.05) is 56.3 Å². The van der Waals surface area contributed by atoms with Crippen molar-refractivity contribution in [1.82, 2.24) is 10.2 Å². The second-order valence-electron chi connectivity index (χ2n) is 7.47. The van der Waals surface area contributed by atoms with E-state index in [0.717, 1.165) is 45.6 Å². The minimum atomic E-state index is 0.565. The fourth-order valence-electron chi connectivity index (χ4n) is 3.88. The topological polar surface area (TPSA) is 27.3 Å². The van der Waals surface area contributed by atoms with E-state index in [9.17, 15) is 0 Å². The molecule has 26 heavy (non-hydrogen) atoms. The van der Waals surface area contributed by atoms with E-state index in [0.29, 0.717) is 5.92 Å². The highest BCUT2D eigenvalue weighted by Crippen LogP contribution is 2.33. The molecule has 3 nitrogen and oxygen atoms in total. The van der Waals surface area contributed by atoms with Crippen LogP contribution in [-0.2, 0) is 13.0 Å². The fraction of sp³-hybridized carbons (Fsp3) is 0.478. The Balaban J connectivity index is 1.94. The maximum atomic E-state index is 3.52. The van der Waals surface area contributed by atoms with Crippen LogP contribution in [0.5, 0.6) is 0 Å². The van der Waals surface area contributed by atoms with Crippen molar-refractivity contribution in [3.63, 3.8) is 0 Å². The quantitative estimate of drug-likeness (QED) is 0.781. The van der Waals surface area contributed by atoms with Gasteiger partial charge in [-0.15, -0.1) is 0 Å². The summed E-state index contributed by atoms with van der Waals surface area (Å²) in [6, 6.07) is 15.7. The molecule has 2 aromatic rings. The van der Waals surface area contributed by atoms with Crippen LogP contribution in [0.4, 0.5) is 5.69 Å². The summed E-state index contributed by atoms with van der Waals surface area (Å²) in [5, 5.41) is 6.97. The molecule has 1 aliphatic rings. The number of benzene rings is 2. The third-order valence-electron chi connectivity index (χ3n) is 5.56. The van der Waals surface area contributed by atoms with Gasteiger partial charge in [0.2, 0.25) is 0 Å². The van der Waals surface area contributed by atoms with Crippen LogP contribution in [0.2, 0.25) is 0 Å². The standard InChI is InChI=1S/C23H33N3/c1-4-18(2)22-16-20(14-19-8-6-5-7-9-19)15-21(23(22)24-3)17-26-12-10-25-11-13-26/h5-9,15-16,18,24-25H,4,10-14,17H2,1-3H3. The van der Waals surface area contributed by atoms with Crippen LogP contribution < -0.4 is 10.6 Å². The van der Waals surface area contributed by atoms with E-state index in [-0.39, 0.29) is 0 Å². The van der Waals surface area contributed by atoms with Gasteiger partial charge in [0.1, 0.15) is 0 Å². The number of rotatable bonds is 7. The first-order chi connectivity index (χ1) is 12.7. The zero-order valence-corrected chi connectivity index (χ0v) is 16.5. The Kier molecular flexibility index (Phi) is 6.70. The average molecular weight is 352 g/mol. The van der Waals surface area contributed by atoms with Crippen LogP contribution in [0, 0.1) is 0 Å². The molecule has 0 bridgehead atoms. The largest absolute Gasteiger partial charge is 0.388 e. The zero-order valence-electron chi connectivity index (χ0n) is 16.5. The average Bonchev–Trinajstić information content (AvgIpc) is 2.68. The molecular formula is C23H33N3. The van der Waals surface area contributed by atoms with Gasteiger partial charge in [0, 0.05) is 45.5 Å². The predicted molar refractivity (Wildman–Crippen MR) is 112 cm³/mol. The van der Waals surface area contributed by atoms with Gasteiger partial charge in [-0.2, -0.15) is 0 Å². The van der Waals surface area contributed by atoms with Gasteiger partial charge >= 0.3 is 0 Å². The molecule has 1 fully saturated rings. The lowest BCUT2D eigenvalue weighted by Crippen LogP contribution is -2.43. The normalized spacial score (nSPS) is 16.4. The van der Waals surface area contributed by atoms with Crippen LogP contribution in [0.15, 0.2) is 42.5 Å². The molecule has 2 N–H and O–H groups in total. The van der Waals surface area contributed by atoms with Crippen molar-refractivity contribution in [2.24, 2.45) is 0 Å². The zero-order chi connectivity index (χ0) is 18.4. The number of anilines is 1. The van der Waals surface area contributed by atoms with Crippen LogP contribution in [0.1, 0.15) is 48.4 Å². The van der Waals surface area contributed by atoms with E-state index in [1.54, 1.807) is 0 Å². The number of nitrogens with one attached hydrogen (secondary N) is 2. The summed E-state index contributed by atoms with van der Waals surface area (Å²) >= 11 is 0. The third-order valence-corrected chi connectivity index (χ3v) is 5.56. The first kappa shape index (κ1) is 18.9. The molecule has 3 heteroatoms. The number of nitrogens with zero attached hydrogens (tertiary/aromatic N) is 1. The fourth-order valence-corrected chi connectivity index (χ4v) is 3.88. The predicted octanol–water partition coefficient (Wildman–Crippen LogP) is 4.24. The third kappa shape index (κ3) is 4.66. The Hall–Kier alpha value is -1.84. The first-order valence-electron chi connectivity index (χ1n) is 10.0. The molecule has 3 rings (SSSR count). The minimum Gasteiger partial charge on any atom is -0.388 e. The van der Waals surface area contributed by atoms with Gasteiger partial charge < -0.3 is 10.6 Å². The van der Waals surface area contributed by atoms with E-state index < -0.39 is 0 Å². The van der Waals surface area contributed by atoms with Gasteiger partial charge in [-0.3, -0.25) is 4.90 Å². The summed E-state index contributed by atoms with van der Waals surface area (Å²) < 4.78 is 0. The molecule has 0 saturated carbocycles. The summed E-state index contributed by atoms with van der Waals surface area (Å²) in [6.45, 7) is 10.1. The summed E-state index contributed by atoms with van der Waals surface area (Å²) in [5.41, 5.74) is 7.06. The summed E-state index contributed by atoms with van der Waals surface area (Å²) in [5.74, 6) is 0.565. The second kappa shape index (κ2) is 9.20. The summed E-state index contributed by atoms with van der Waals surface area (Å²) in [6.07, 6.45) is 2.17. The van der Waals surface area contributed by atoms with E-state index in [4.69, 9.17) is 0 Å². The van der Waals surface area contributed by atoms with Crippen molar-refractivity contribution in [2.45, 2.75) is 39.2 Å². The number of piperazine rings is 1. The highest BCUT2D eigenvalue weighted by molar-refractivity contribution is 5.60. The molecule has 1 saturated heterocycles. The van der Waals surface area contributed by atoms with E-state index in [1.807, 2.05) is 0 Å². The van der Waals surface area contributed by atoms with Crippen LogP contribution in [0.25, 0.3) is 0 Å². The Morgan fingerprint density at radius 2 is 1.81 bits per heavy atom. The van der Waals surface area contributed by atoms with Gasteiger partial charge in [0.25, 0.3) is 0 Å². The molecular weight excluding hydrogens is 318 g/mol. The van der Waals surface area contributed by atoms with Crippen molar-refractivity contribution in [3.05, 3.63) is 64.7 Å². The summed E-state index contributed by atoms with van der Waals surface area (Å²) in [7, 11) is 2.07. The van der Waals surface area contributed by atoms with Gasteiger partial charge in [-0.05, 0) is 41.0 Å². The number of hydrogen-bond donors (Lipinski definition) is 2. The van der Waals surface area contributed by atoms with E-state index in [2.05, 4.69) is 78.9 Å². The van der Waals surface area contributed by atoms with Gasteiger partial charge in [-0.25, -0.2) is 0 Å². The van der Waals surface area contributed by atoms with Crippen molar-refractivity contribution in [3.8, 4) is 0 Å². The van der Waals surface area contributed by atoms with Crippen LogP contribution >= 0.6 is 0 Å². The van der Waals surface area contributed by atoms with Crippen LogP contribution in [-0.4, -0.2) is 38.1 Å². The molecule has 140 valence electrons. The Morgan fingerprint density at radius 1 is 1.08 bits per heavy atom. The molecule has 2 aromatic carbocycles. The summed E-state index contributed by atoms with van der Waals surface area (Å²) in [4.78, 5) is 2.57. The maximum Gasteiger partial charge on any atom is 0.0418 e. The SMILES string of the molecule is CCC(C)c1cc(Cc2ccccc2)cc(CN2CCNCC2)c1NC. The second-order valence-corrected chi connectivity index (χ2v) is 7.47. The molecule has 0 aromatic heterocycles. The Bertz CT molecular complexity index is 690.